The number of benzene rings is 2. The molecule has 7 heteroatoms. The summed E-state index contributed by atoms with van der Waals surface area (Å²) in [6.45, 7) is 6.92. The van der Waals surface area contributed by atoms with Gasteiger partial charge >= 0.3 is 11.9 Å². The standard InChI is InChI=1S/C35H48N2O5/c1-3-5-7-8-9-21-40-32-16-18-33(19-17-32)42-35(39)27-14-11-26(12-15-27)13-20-34(38)41-25-28(10-6-4-2)29-22-30(36)24-31(37)23-29/h3,11-15,20,22-24,28,32-33H,1,4-10,16-19,21,25,36-37H2,2H3. The molecule has 2 aromatic carbocycles. The number of carbonyl (C=O) groups excluding carboxylic acids is 2. The third kappa shape index (κ3) is 11.7. The molecule has 3 rings (SSSR count). The van der Waals surface area contributed by atoms with Gasteiger partial charge in [0.2, 0.25) is 0 Å². The van der Waals surface area contributed by atoms with Crippen LogP contribution >= 0.6 is 0 Å². The molecule has 0 aromatic heterocycles. The highest BCUT2D eigenvalue weighted by Gasteiger charge is 2.24. The number of esters is 2. The number of unbranched alkanes of at least 4 members (excludes halogenated alkanes) is 4. The SMILES string of the molecule is C=CCCCCCOC1CCC(OC(=O)c2ccc(C=CC(=O)OCC(CCCC)c3cc(N)cc(N)c3)cc2)CC1. The van der Waals surface area contributed by atoms with Crippen molar-refractivity contribution in [2.45, 2.75) is 95.7 Å². The molecule has 0 aliphatic heterocycles. The van der Waals surface area contributed by atoms with E-state index in [9.17, 15) is 9.59 Å². The monoisotopic (exact) mass is 576 g/mol. The average molecular weight is 577 g/mol. The third-order valence-electron chi connectivity index (χ3n) is 7.66. The first-order valence-corrected chi connectivity index (χ1v) is 15.4. The van der Waals surface area contributed by atoms with E-state index in [-0.39, 0.29) is 30.7 Å². The summed E-state index contributed by atoms with van der Waals surface area (Å²) in [4.78, 5) is 25.1. The van der Waals surface area contributed by atoms with Crippen LogP contribution < -0.4 is 11.5 Å². The molecule has 0 spiro atoms. The van der Waals surface area contributed by atoms with Crippen LogP contribution in [0, 0.1) is 0 Å². The van der Waals surface area contributed by atoms with Crippen molar-refractivity contribution in [1.82, 2.24) is 0 Å². The minimum absolute atomic E-state index is 0.0263. The van der Waals surface area contributed by atoms with E-state index in [0.717, 1.165) is 75.5 Å². The third-order valence-corrected chi connectivity index (χ3v) is 7.66. The van der Waals surface area contributed by atoms with Gasteiger partial charge in [0.1, 0.15) is 6.10 Å². The van der Waals surface area contributed by atoms with E-state index >= 15 is 0 Å². The minimum atomic E-state index is -0.427. The Bertz CT molecular complexity index is 1130. The van der Waals surface area contributed by atoms with Gasteiger partial charge in [0.15, 0.2) is 0 Å². The summed E-state index contributed by atoms with van der Waals surface area (Å²) in [7, 11) is 0. The highest BCUT2D eigenvalue weighted by Crippen LogP contribution is 2.27. The molecule has 2 aromatic rings. The number of nitrogen functional groups attached to an aromatic ring is 2. The van der Waals surface area contributed by atoms with Crippen LogP contribution in [0.15, 0.2) is 61.2 Å². The molecule has 0 radical (unpaired) electrons. The summed E-state index contributed by atoms with van der Waals surface area (Å²) in [5.74, 6) is -0.723. The molecular weight excluding hydrogens is 528 g/mol. The zero-order valence-electron chi connectivity index (χ0n) is 25.1. The highest BCUT2D eigenvalue weighted by atomic mass is 16.5. The van der Waals surface area contributed by atoms with Gasteiger partial charge in [-0.15, -0.1) is 6.58 Å². The summed E-state index contributed by atoms with van der Waals surface area (Å²) in [5.41, 5.74) is 15.4. The van der Waals surface area contributed by atoms with Crippen molar-refractivity contribution in [3.8, 4) is 0 Å². The Kier molecular flexibility index (Phi) is 14.2. The number of nitrogens with two attached hydrogens (primary N) is 2. The molecule has 0 bridgehead atoms. The molecule has 228 valence electrons. The predicted octanol–water partition coefficient (Wildman–Crippen LogP) is 7.61. The van der Waals surface area contributed by atoms with Gasteiger partial charge in [-0.3, -0.25) is 0 Å². The summed E-state index contributed by atoms with van der Waals surface area (Å²) in [5, 5.41) is 0. The predicted molar refractivity (Wildman–Crippen MR) is 170 cm³/mol. The van der Waals surface area contributed by atoms with E-state index in [2.05, 4.69) is 13.5 Å². The molecule has 7 nitrogen and oxygen atoms in total. The fourth-order valence-corrected chi connectivity index (χ4v) is 5.21. The molecule has 42 heavy (non-hydrogen) atoms. The lowest BCUT2D eigenvalue weighted by Crippen LogP contribution is -2.28. The summed E-state index contributed by atoms with van der Waals surface area (Å²) < 4.78 is 17.3. The lowest BCUT2D eigenvalue weighted by molar-refractivity contribution is -0.138. The molecule has 0 saturated heterocycles. The van der Waals surface area contributed by atoms with Crippen LogP contribution in [-0.2, 0) is 19.0 Å². The first-order chi connectivity index (χ1) is 20.4. The highest BCUT2D eigenvalue weighted by molar-refractivity contribution is 5.90. The van der Waals surface area contributed by atoms with Crippen LogP contribution in [0.5, 0.6) is 0 Å². The number of hydrogen-bond donors (Lipinski definition) is 2. The molecule has 1 fully saturated rings. The van der Waals surface area contributed by atoms with Gasteiger partial charge in [-0.2, -0.15) is 0 Å². The zero-order chi connectivity index (χ0) is 30.2. The Morgan fingerprint density at radius 3 is 2.31 bits per heavy atom. The van der Waals surface area contributed by atoms with Crippen molar-refractivity contribution in [3.63, 3.8) is 0 Å². The lowest BCUT2D eigenvalue weighted by Gasteiger charge is -2.28. The maximum absolute atomic E-state index is 12.7. The van der Waals surface area contributed by atoms with Crippen LogP contribution in [0.25, 0.3) is 6.08 Å². The quantitative estimate of drug-likeness (QED) is 0.0655. The normalized spacial score (nSPS) is 17.5. The topological polar surface area (TPSA) is 114 Å². The van der Waals surface area contributed by atoms with E-state index in [1.54, 1.807) is 36.4 Å². The molecule has 4 N–H and O–H groups in total. The Labute approximate surface area is 251 Å². The number of allylic oxidation sites excluding steroid dienone is 1. The first-order valence-electron chi connectivity index (χ1n) is 15.4. The fraction of sp³-hybridized carbons (Fsp3) is 0.486. The van der Waals surface area contributed by atoms with Crippen molar-refractivity contribution in [1.29, 1.82) is 0 Å². The fourth-order valence-electron chi connectivity index (χ4n) is 5.21. The van der Waals surface area contributed by atoms with Gasteiger partial charge in [-0.05, 0) is 98.9 Å². The van der Waals surface area contributed by atoms with Crippen molar-refractivity contribution >= 4 is 29.4 Å². The maximum Gasteiger partial charge on any atom is 0.338 e. The summed E-state index contributed by atoms with van der Waals surface area (Å²) in [6.07, 6.45) is 16.1. The van der Waals surface area contributed by atoms with Crippen LogP contribution in [0.2, 0.25) is 0 Å². The first kappa shape index (κ1) is 32.9. The van der Waals surface area contributed by atoms with Crippen LogP contribution in [0.4, 0.5) is 11.4 Å². The molecule has 1 atom stereocenters. The van der Waals surface area contributed by atoms with E-state index in [1.807, 2.05) is 18.2 Å². The minimum Gasteiger partial charge on any atom is -0.462 e. The largest absolute Gasteiger partial charge is 0.462 e. The van der Waals surface area contributed by atoms with Gasteiger partial charge in [-0.25, -0.2) is 9.59 Å². The van der Waals surface area contributed by atoms with Gasteiger partial charge in [0.05, 0.1) is 18.3 Å². The van der Waals surface area contributed by atoms with E-state index in [0.29, 0.717) is 16.9 Å². The maximum atomic E-state index is 12.7. The van der Waals surface area contributed by atoms with Crippen LogP contribution in [0.3, 0.4) is 0 Å². The molecule has 1 unspecified atom stereocenters. The summed E-state index contributed by atoms with van der Waals surface area (Å²) >= 11 is 0. The van der Waals surface area contributed by atoms with Gasteiger partial charge in [-0.1, -0.05) is 44.4 Å². The second-order valence-electron chi connectivity index (χ2n) is 11.2. The molecule has 0 amide bonds. The van der Waals surface area contributed by atoms with Crippen molar-refractivity contribution in [3.05, 3.63) is 77.9 Å². The molecule has 1 saturated carbocycles. The number of anilines is 2. The number of rotatable bonds is 17. The zero-order valence-corrected chi connectivity index (χ0v) is 25.1. The van der Waals surface area contributed by atoms with Crippen molar-refractivity contribution in [2.24, 2.45) is 0 Å². The van der Waals surface area contributed by atoms with E-state index < -0.39 is 5.97 Å². The van der Waals surface area contributed by atoms with Crippen LogP contribution in [-0.4, -0.2) is 37.4 Å². The van der Waals surface area contributed by atoms with E-state index in [1.165, 1.54) is 18.9 Å². The van der Waals surface area contributed by atoms with Crippen molar-refractivity contribution < 1.29 is 23.8 Å². The molecule has 1 aliphatic rings. The Morgan fingerprint density at radius 2 is 1.64 bits per heavy atom. The number of hydrogen-bond acceptors (Lipinski definition) is 7. The number of ether oxygens (including phenoxy) is 3. The van der Waals surface area contributed by atoms with Crippen molar-refractivity contribution in [2.75, 3.05) is 24.7 Å². The Balaban J connectivity index is 1.40. The average Bonchev–Trinajstić information content (AvgIpc) is 2.98. The Hall–Kier alpha value is -3.58. The smallest absolute Gasteiger partial charge is 0.338 e. The number of carbonyl (C=O) groups is 2. The van der Waals surface area contributed by atoms with Gasteiger partial charge in [0, 0.05) is 30.0 Å². The van der Waals surface area contributed by atoms with E-state index in [4.69, 9.17) is 25.7 Å². The molecule has 1 aliphatic carbocycles. The molecular formula is C35H48N2O5. The lowest BCUT2D eigenvalue weighted by atomic mass is 9.93. The Morgan fingerprint density at radius 1 is 0.952 bits per heavy atom. The van der Waals surface area contributed by atoms with Crippen LogP contribution in [0.1, 0.15) is 105 Å². The second-order valence-corrected chi connectivity index (χ2v) is 11.2. The molecule has 0 heterocycles. The summed E-state index contributed by atoms with van der Waals surface area (Å²) in [6, 6.07) is 12.5. The van der Waals surface area contributed by atoms with Gasteiger partial charge < -0.3 is 25.7 Å². The second kappa shape index (κ2) is 18.1. The van der Waals surface area contributed by atoms with Gasteiger partial charge in [0.25, 0.3) is 0 Å².